The van der Waals surface area contributed by atoms with Crippen LogP contribution in [0.1, 0.15) is 16.7 Å². The average Bonchev–Trinajstić information content (AvgIpc) is 2.17. The molecule has 0 saturated carbocycles. The van der Waals surface area contributed by atoms with Crippen molar-refractivity contribution in [3.05, 3.63) is 34.9 Å². The number of nitrogens with zero attached hydrogens (tertiary/aromatic N) is 1. The number of nitrogens with two attached hydrogens (primary N) is 1. The van der Waals surface area contributed by atoms with E-state index in [4.69, 9.17) is 5.73 Å². The van der Waals surface area contributed by atoms with E-state index in [0.717, 1.165) is 19.5 Å². The van der Waals surface area contributed by atoms with Gasteiger partial charge in [-0.3, -0.25) is 4.90 Å². The van der Waals surface area contributed by atoms with Crippen LogP contribution in [0.5, 0.6) is 0 Å². The lowest BCUT2D eigenvalue weighted by molar-refractivity contribution is 0.220. The van der Waals surface area contributed by atoms with E-state index in [0.29, 0.717) is 6.04 Å². The number of likely N-dealkylation sites (N-methyl/N-ethyl adjacent to an activating group) is 1. The predicted octanol–water partition coefficient (Wildman–Crippen LogP) is 1.31. The van der Waals surface area contributed by atoms with Crippen LogP contribution >= 0.6 is 0 Å². The second-order valence-corrected chi connectivity index (χ2v) is 4.22. The Labute approximate surface area is 85.7 Å². The molecular weight excluding hydrogens is 172 g/mol. The molecule has 1 aliphatic rings. The number of hydrogen-bond donors (Lipinski definition) is 1. The highest BCUT2D eigenvalue weighted by atomic mass is 15.1. The molecule has 0 fully saturated rings. The van der Waals surface area contributed by atoms with Crippen LogP contribution in [-0.2, 0) is 13.0 Å². The zero-order valence-electron chi connectivity index (χ0n) is 8.96. The van der Waals surface area contributed by atoms with Crippen molar-refractivity contribution in [2.75, 3.05) is 13.6 Å². The standard InChI is InChI=1S/C12H18N2/c1-9-4-3-5-10-8-14(2)11(7-13)6-12(9)10/h3-5,11H,6-8,13H2,1-2H3. The molecule has 0 bridgehead atoms. The summed E-state index contributed by atoms with van der Waals surface area (Å²) in [6.45, 7) is 3.99. The van der Waals surface area contributed by atoms with Gasteiger partial charge in [0.1, 0.15) is 0 Å². The molecule has 0 saturated heterocycles. The first-order valence-electron chi connectivity index (χ1n) is 5.20. The van der Waals surface area contributed by atoms with E-state index in [1.54, 1.807) is 0 Å². The van der Waals surface area contributed by atoms with E-state index in [9.17, 15) is 0 Å². The van der Waals surface area contributed by atoms with Crippen LogP contribution in [0.3, 0.4) is 0 Å². The molecule has 0 amide bonds. The summed E-state index contributed by atoms with van der Waals surface area (Å²) in [6.07, 6.45) is 1.11. The summed E-state index contributed by atoms with van der Waals surface area (Å²) in [6, 6.07) is 7.08. The molecule has 1 atom stereocenters. The fraction of sp³-hybridized carbons (Fsp3) is 0.500. The van der Waals surface area contributed by atoms with Crippen LogP contribution < -0.4 is 5.73 Å². The zero-order chi connectivity index (χ0) is 10.1. The molecule has 76 valence electrons. The maximum Gasteiger partial charge on any atom is 0.0259 e. The predicted molar refractivity (Wildman–Crippen MR) is 59.2 cm³/mol. The van der Waals surface area contributed by atoms with Crippen molar-refractivity contribution in [2.24, 2.45) is 5.73 Å². The Hall–Kier alpha value is -0.860. The van der Waals surface area contributed by atoms with Gasteiger partial charge < -0.3 is 5.73 Å². The molecule has 0 spiro atoms. The van der Waals surface area contributed by atoms with Gasteiger partial charge in [0.05, 0.1) is 0 Å². The smallest absolute Gasteiger partial charge is 0.0259 e. The lowest BCUT2D eigenvalue weighted by Crippen LogP contribution is -2.42. The Bertz CT molecular complexity index is 333. The van der Waals surface area contributed by atoms with Gasteiger partial charge in [0.15, 0.2) is 0 Å². The Morgan fingerprint density at radius 1 is 1.50 bits per heavy atom. The van der Waals surface area contributed by atoms with Crippen LogP contribution in [0, 0.1) is 6.92 Å². The largest absolute Gasteiger partial charge is 0.329 e. The Morgan fingerprint density at radius 3 is 3.00 bits per heavy atom. The van der Waals surface area contributed by atoms with Crippen molar-refractivity contribution >= 4 is 0 Å². The van der Waals surface area contributed by atoms with Gasteiger partial charge in [0.2, 0.25) is 0 Å². The summed E-state index contributed by atoms with van der Waals surface area (Å²) in [4.78, 5) is 2.35. The van der Waals surface area contributed by atoms with Gasteiger partial charge in [-0.25, -0.2) is 0 Å². The summed E-state index contributed by atoms with van der Waals surface area (Å²) >= 11 is 0. The first-order valence-corrected chi connectivity index (χ1v) is 5.20. The number of rotatable bonds is 1. The summed E-state index contributed by atoms with van der Waals surface area (Å²) < 4.78 is 0. The van der Waals surface area contributed by atoms with E-state index >= 15 is 0 Å². The molecule has 2 nitrogen and oxygen atoms in total. The van der Waals surface area contributed by atoms with Crippen molar-refractivity contribution < 1.29 is 0 Å². The zero-order valence-corrected chi connectivity index (χ0v) is 8.96. The van der Waals surface area contributed by atoms with Gasteiger partial charge in [0, 0.05) is 19.1 Å². The Morgan fingerprint density at radius 2 is 2.29 bits per heavy atom. The molecule has 14 heavy (non-hydrogen) atoms. The summed E-state index contributed by atoms with van der Waals surface area (Å²) in [7, 11) is 2.16. The second-order valence-electron chi connectivity index (χ2n) is 4.22. The average molecular weight is 190 g/mol. The number of benzene rings is 1. The Kier molecular flexibility index (Phi) is 2.57. The minimum atomic E-state index is 0.517. The van der Waals surface area contributed by atoms with Crippen molar-refractivity contribution in [3.8, 4) is 0 Å². The number of hydrogen-bond acceptors (Lipinski definition) is 2. The molecule has 2 rings (SSSR count). The highest BCUT2D eigenvalue weighted by Gasteiger charge is 2.22. The fourth-order valence-electron chi connectivity index (χ4n) is 2.26. The molecule has 2 N–H and O–H groups in total. The molecule has 1 aromatic rings. The molecule has 0 aromatic heterocycles. The first kappa shape index (κ1) is 9.69. The second kappa shape index (κ2) is 3.71. The van der Waals surface area contributed by atoms with Gasteiger partial charge in [-0.1, -0.05) is 18.2 Å². The Balaban J connectivity index is 2.36. The lowest BCUT2D eigenvalue weighted by atomic mass is 9.91. The van der Waals surface area contributed by atoms with Gasteiger partial charge in [-0.15, -0.1) is 0 Å². The van der Waals surface area contributed by atoms with Crippen molar-refractivity contribution in [2.45, 2.75) is 25.9 Å². The molecule has 1 aromatic carbocycles. The SMILES string of the molecule is Cc1cccc2c1CC(CN)N(C)C2. The van der Waals surface area contributed by atoms with Crippen molar-refractivity contribution in [1.82, 2.24) is 4.90 Å². The van der Waals surface area contributed by atoms with E-state index in [-0.39, 0.29) is 0 Å². The lowest BCUT2D eigenvalue weighted by Gasteiger charge is -2.34. The van der Waals surface area contributed by atoms with Gasteiger partial charge in [-0.2, -0.15) is 0 Å². The van der Waals surface area contributed by atoms with E-state index < -0.39 is 0 Å². The molecule has 1 aliphatic heterocycles. The molecule has 1 unspecified atom stereocenters. The molecule has 1 heterocycles. The van der Waals surface area contributed by atoms with E-state index in [1.807, 2.05) is 0 Å². The topological polar surface area (TPSA) is 29.3 Å². The normalized spacial score (nSPS) is 22.1. The van der Waals surface area contributed by atoms with E-state index in [2.05, 4.69) is 37.1 Å². The minimum Gasteiger partial charge on any atom is -0.329 e. The third-order valence-corrected chi connectivity index (χ3v) is 3.26. The van der Waals surface area contributed by atoms with Crippen molar-refractivity contribution in [3.63, 3.8) is 0 Å². The molecule has 0 aliphatic carbocycles. The molecular formula is C12H18N2. The van der Waals surface area contributed by atoms with Gasteiger partial charge in [0.25, 0.3) is 0 Å². The third kappa shape index (κ3) is 1.56. The maximum atomic E-state index is 5.76. The van der Waals surface area contributed by atoms with Gasteiger partial charge in [-0.05, 0) is 37.1 Å². The van der Waals surface area contributed by atoms with Gasteiger partial charge >= 0.3 is 0 Å². The summed E-state index contributed by atoms with van der Waals surface area (Å²) in [5.41, 5.74) is 10.2. The van der Waals surface area contributed by atoms with Crippen LogP contribution in [0.15, 0.2) is 18.2 Å². The monoisotopic (exact) mass is 190 g/mol. The number of fused-ring (bicyclic) bond motifs is 1. The number of aryl methyl sites for hydroxylation is 1. The minimum absolute atomic E-state index is 0.517. The van der Waals surface area contributed by atoms with Crippen LogP contribution in [0.2, 0.25) is 0 Å². The summed E-state index contributed by atoms with van der Waals surface area (Å²) in [5.74, 6) is 0. The maximum absolute atomic E-state index is 5.76. The van der Waals surface area contributed by atoms with Crippen LogP contribution in [0.4, 0.5) is 0 Å². The quantitative estimate of drug-likeness (QED) is 0.723. The molecule has 0 radical (unpaired) electrons. The first-order chi connectivity index (χ1) is 6.72. The fourth-order valence-corrected chi connectivity index (χ4v) is 2.26. The highest BCUT2D eigenvalue weighted by molar-refractivity contribution is 5.36. The molecule has 2 heteroatoms. The summed E-state index contributed by atoms with van der Waals surface area (Å²) in [5, 5.41) is 0. The third-order valence-electron chi connectivity index (χ3n) is 3.26. The highest BCUT2D eigenvalue weighted by Crippen LogP contribution is 2.24. The van der Waals surface area contributed by atoms with Crippen LogP contribution in [0.25, 0.3) is 0 Å². The van der Waals surface area contributed by atoms with Crippen LogP contribution in [-0.4, -0.2) is 24.5 Å². The van der Waals surface area contributed by atoms with Crippen molar-refractivity contribution in [1.29, 1.82) is 0 Å². The van der Waals surface area contributed by atoms with E-state index in [1.165, 1.54) is 16.7 Å².